The summed E-state index contributed by atoms with van der Waals surface area (Å²) in [6.07, 6.45) is 2.46. The third-order valence-electron chi connectivity index (χ3n) is 3.01. The van der Waals surface area contributed by atoms with Gasteiger partial charge < -0.3 is 4.55 Å². The van der Waals surface area contributed by atoms with Gasteiger partial charge in [-0.25, -0.2) is 8.42 Å². The Morgan fingerprint density at radius 2 is 1.83 bits per heavy atom. The maximum Gasteiger partial charge on any atom is 0.125 e. The Labute approximate surface area is 107 Å². The van der Waals surface area contributed by atoms with Crippen molar-refractivity contribution in [3.8, 4) is 0 Å². The summed E-state index contributed by atoms with van der Waals surface area (Å²) in [4.78, 5) is -0.0472. The summed E-state index contributed by atoms with van der Waals surface area (Å²) >= 11 is 0. The van der Waals surface area contributed by atoms with Gasteiger partial charge in [-0.15, -0.1) is 0 Å². The minimum absolute atomic E-state index is 0.0472. The Bertz CT molecular complexity index is 660. The zero-order valence-electron chi connectivity index (χ0n) is 10.2. The van der Waals surface area contributed by atoms with Crippen LogP contribution in [0.1, 0.15) is 25.3 Å². The van der Waals surface area contributed by atoms with Crippen molar-refractivity contribution in [1.82, 2.24) is 0 Å². The molecule has 18 heavy (non-hydrogen) atoms. The maximum absolute atomic E-state index is 11.5. The molecule has 0 N–H and O–H groups in total. The first kappa shape index (κ1) is 13.1. The summed E-state index contributed by atoms with van der Waals surface area (Å²) in [5.74, 6) is 0. The number of unbranched alkanes of at least 4 members (excludes halogenated alkanes) is 1. The monoisotopic (exact) mass is 263 g/mol. The van der Waals surface area contributed by atoms with Crippen LogP contribution in [-0.2, 0) is 16.5 Å². The highest BCUT2D eigenvalue weighted by molar-refractivity contribution is 7.86. The molecule has 0 aliphatic rings. The number of hydrogen-bond donors (Lipinski definition) is 0. The quantitative estimate of drug-likeness (QED) is 0.796. The molecule has 0 spiro atoms. The summed E-state index contributed by atoms with van der Waals surface area (Å²) in [6, 6.07) is 10.7. The van der Waals surface area contributed by atoms with Crippen molar-refractivity contribution >= 4 is 20.9 Å². The second-order valence-electron chi connectivity index (χ2n) is 4.33. The Hall–Kier alpha value is -1.39. The first-order valence-electron chi connectivity index (χ1n) is 6.00. The first-order chi connectivity index (χ1) is 8.54. The molecule has 0 saturated heterocycles. The molecule has 4 heteroatoms. The summed E-state index contributed by atoms with van der Waals surface area (Å²) < 4.78 is 34.4. The molecule has 0 radical (unpaired) electrons. The standard InChI is InChI=1S/C14H16O3S/c1-2-3-6-12-10-9-11-7-4-5-8-13(11)14(12)18(15,16)17/h4-5,7-10H,2-3,6H2,1H3,(H,15,16,17)/p-1. The van der Waals surface area contributed by atoms with Gasteiger partial charge in [0.25, 0.3) is 0 Å². The zero-order valence-corrected chi connectivity index (χ0v) is 11.0. The number of fused-ring (bicyclic) bond motifs is 1. The Balaban J connectivity index is 2.72. The van der Waals surface area contributed by atoms with Crippen molar-refractivity contribution in [3.05, 3.63) is 42.0 Å². The molecule has 0 amide bonds. The lowest BCUT2D eigenvalue weighted by atomic mass is 10.0. The first-order valence-corrected chi connectivity index (χ1v) is 7.41. The maximum atomic E-state index is 11.5. The lowest BCUT2D eigenvalue weighted by Crippen LogP contribution is -2.05. The molecule has 96 valence electrons. The molecule has 0 saturated carbocycles. The number of aryl methyl sites for hydroxylation is 1. The highest BCUT2D eigenvalue weighted by Gasteiger charge is 2.12. The van der Waals surface area contributed by atoms with Crippen molar-refractivity contribution < 1.29 is 13.0 Å². The third kappa shape index (κ3) is 2.54. The molecule has 0 atom stereocenters. The molecule has 3 nitrogen and oxygen atoms in total. The predicted octanol–water partition coefficient (Wildman–Crippen LogP) is 3.09. The molecule has 0 bridgehead atoms. The summed E-state index contributed by atoms with van der Waals surface area (Å²) in [5, 5.41) is 1.31. The molecule has 0 aliphatic carbocycles. The van der Waals surface area contributed by atoms with Crippen LogP contribution < -0.4 is 0 Å². The Kier molecular flexibility index (Phi) is 3.68. The highest BCUT2D eigenvalue weighted by atomic mass is 32.2. The normalized spacial score (nSPS) is 11.9. The minimum atomic E-state index is -4.44. The molecule has 0 aliphatic heterocycles. The van der Waals surface area contributed by atoms with E-state index in [-0.39, 0.29) is 4.90 Å². The molecule has 0 heterocycles. The van der Waals surface area contributed by atoms with Crippen LogP contribution in [-0.4, -0.2) is 13.0 Å². The molecule has 2 aromatic carbocycles. The average molecular weight is 263 g/mol. The minimum Gasteiger partial charge on any atom is -0.744 e. The van der Waals surface area contributed by atoms with Gasteiger partial charge in [-0.05, 0) is 29.2 Å². The second-order valence-corrected chi connectivity index (χ2v) is 5.65. The van der Waals surface area contributed by atoms with E-state index in [0.717, 1.165) is 18.2 Å². The van der Waals surface area contributed by atoms with E-state index in [2.05, 4.69) is 0 Å². The zero-order chi connectivity index (χ0) is 13.2. The molecule has 2 rings (SSSR count). The van der Waals surface area contributed by atoms with Gasteiger partial charge in [-0.3, -0.25) is 0 Å². The summed E-state index contributed by atoms with van der Waals surface area (Å²) in [6.45, 7) is 2.03. The van der Waals surface area contributed by atoms with Gasteiger partial charge in [0.05, 0.1) is 4.90 Å². The molecular formula is C14H15O3S-. The van der Waals surface area contributed by atoms with Crippen molar-refractivity contribution in [2.75, 3.05) is 0 Å². The van der Waals surface area contributed by atoms with E-state index < -0.39 is 10.1 Å². The fourth-order valence-corrected chi connectivity index (χ4v) is 3.09. The van der Waals surface area contributed by atoms with Crippen molar-refractivity contribution in [2.24, 2.45) is 0 Å². The van der Waals surface area contributed by atoms with Crippen LogP contribution in [0.4, 0.5) is 0 Å². The summed E-state index contributed by atoms with van der Waals surface area (Å²) in [7, 11) is -4.44. The lowest BCUT2D eigenvalue weighted by molar-refractivity contribution is 0.463. The van der Waals surface area contributed by atoms with E-state index in [1.165, 1.54) is 0 Å². The Morgan fingerprint density at radius 3 is 2.50 bits per heavy atom. The largest absolute Gasteiger partial charge is 0.744 e. The van der Waals surface area contributed by atoms with Crippen LogP contribution in [0.15, 0.2) is 41.3 Å². The van der Waals surface area contributed by atoms with Crippen LogP contribution in [0, 0.1) is 0 Å². The molecule has 2 aromatic rings. The predicted molar refractivity (Wildman–Crippen MR) is 70.5 cm³/mol. The molecule has 0 aromatic heterocycles. The van der Waals surface area contributed by atoms with Crippen molar-refractivity contribution in [1.29, 1.82) is 0 Å². The van der Waals surface area contributed by atoms with Gasteiger partial charge in [0, 0.05) is 0 Å². The van der Waals surface area contributed by atoms with Gasteiger partial charge >= 0.3 is 0 Å². The van der Waals surface area contributed by atoms with Gasteiger partial charge in [0.15, 0.2) is 0 Å². The van der Waals surface area contributed by atoms with Crippen LogP contribution in [0.5, 0.6) is 0 Å². The van der Waals surface area contributed by atoms with Gasteiger partial charge in [-0.1, -0.05) is 49.7 Å². The molecule has 0 unspecified atom stereocenters. The van der Waals surface area contributed by atoms with E-state index in [1.807, 2.05) is 25.1 Å². The van der Waals surface area contributed by atoms with E-state index in [1.54, 1.807) is 18.2 Å². The Morgan fingerprint density at radius 1 is 1.11 bits per heavy atom. The third-order valence-corrected chi connectivity index (χ3v) is 3.99. The van der Waals surface area contributed by atoms with Gasteiger partial charge in [-0.2, -0.15) is 0 Å². The van der Waals surface area contributed by atoms with Crippen LogP contribution in [0.25, 0.3) is 10.8 Å². The number of benzene rings is 2. The second kappa shape index (κ2) is 5.08. The molecule has 0 fully saturated rings. The average Bonchev–Trinajstić information content (AvgIpc) is 2.34. The van der Waals surface area contributed by atoms with Crippen LogP contribution >= 0.6 is 0 Å². The van der Waals surface area contributed by atoms with E-state index in [9.17, 15) is 13.0 Å². The smallest absolute Gasteiger partial charge is 0.125 e. The number of rotatable bonds is 4. The van der Waals surface area contributed by atoms with Gasteiger partial charge in [0.1, 0.15) is 10.1 Å². The van der Waals surface area contributed by atoms with E-state index >= 15 is 0 Å². The number of hydrogen-bond acceptors (Lipinski definition) is 3. The van der Waals surface area contributed by atoms with E-state index in [4.69, 9.17) is 0 Å². The van der Waals surface area contributed by atoms with Crippen LogP contribution in [0.2, 0.25) is 0 Å². The summed E-state index contributed by atoms with van der Waals surface area (Å²) in [5.41, 5.74) is 0.630. The van der Waals surface area contributed by atoms with Crippen LogP contribution in [0.3, 0.4) is 0 Å². The SMILES string of the molecule is CCCCc1ccc2ccccc2c1S(=O)(=O)[O-]. The topological polar surface area (TPSA) is 57.2 Å². The van der Waals surface area contributed by atoms with Crippen molar-refractivity contribution in [3.63, 3.8) is 0 Å². The fraction of sp³-hybridized carbons (Fsp3) is 0.286. The van der Waals surface area contributed by atoms with Gasteiger partial charge in [0.2, 0.25) is 0 Å². The van der Waals surface area contributed by atoms with E-state index in [0.29, 0.717) is 17.4 Å². The fourth-order valence-electron chi connectivity index (χ4n) is 2.15. The lowest BCUT2D eigenvalue weighted by Gasteiger charge is -2.15. The highest BCUT2D eigenvalue weighted by Crippen LogP contribution is 2.27. The molecular weight excluding hydrogens is 248 g/mol. The van der Waals surface area contributed by atoms with Crippen molar-refractivity contribution in [2.45, 2.75) is 31.1 Å².